The zero-order chi connectivity index (χ0) is 22.4. The number of carbonyl (C=O) groups excluding carboxylic acids is 2. The van der Waals surface area contributed by atoms with Crippen molar-refractivity contribution in [3.05, 3.63) is 58.5 Å². The van der Waals surface area contributed by atoms with Crippen molar-refractivity contribution in [2.45, 2.75) is 52.6 Å². The lowest BCUT2D eigenvalue weighted by Gasteiger charge is -2.36. The highest BCUT2D eigenvalue weighted by Crippen LogP contribution is 2.47. The number of hydrogen-bond acceptors (Lipinski definition) is 4. The van der Waals surface area contributed by atoms with Gasteiger partial charge in [0.2, 0.25) is 5.91 Å². The van der Waals surface area contributed by atoms with Gasteiger partial charge in [0, 0.05) is 24.5 Å². The number of likely N-dealkylation sites (tertiary alicyclic amines) is 1. The molecule has 162 valence electrons. The highest BCUT2D eigenvalue weighted by atomic mass is 16.6. The fourth-order valence-electron chi connectivity index (χ4n) is 4.11. The van der Waals surface area contributed by atoms with Crippen molar-refractivity contribution in [1.82, 2.24) is 4.90 Å². The third-order valence-corrected chi connectivity index (χ3v) is 5.59. The number of azide groups is 1. The molecule has 1 aromatic rings. The van der Waals surface area contributed by atoms with Crippen molar-refractivity contribution in [2.75, 3.05) is 19.6 Å². The summed E-state index contributed by atoms with van der Waals surface area (Å²) in [5.74, 6) is -1.28. The number of ether oxygens (including phenoxy) is 1. The van der Waals surface area contributed by atoms with Gasteiger partial charge in [-0.3, -0.25) is 9.59 Å². The third kappa shape index (κ3) is 5.42. The van der Waals surface area contributed by atoms with E-state index in [0.29, 0.717) is 25.1 Å². The van der Waals surface area contributed by atoms with Crippen LogP contribution in [-0.2, 0) is 20.7 Å². The van der Waals surface area contributed by atoms with E-state index >= 15 is 0 Å². The Morgan fingerprint density at radius 2 is 2.03 bits per heavy atom. The van der Waals surface area contributed by atoms with Crippen LogP contribution in [0.3, 0.4) is 0 Å². The van der Waals surface area contributed by atoms with Crippen LogP contribution in [0.1, 0.15) is 46.1 Å². The van der Waals surface area contributed by atoms with Crippen LogP contribution in [0, 0.1) is 11.3 Å². The van der Waals surface area contributed by atoms with Crippen LogP contribution < -0.4 is 0 Å². The minimum absolute atomic E-state index is 0.0947. The van der Waals surface area contributed by atoms with Crippen molar-refractivity contribution in [1.29, 1.82) is 0 Å². The highest BCUT2D eigenvalue weighted by molar-refractivity contribution is 5.93. The largest absolute Gasteiger partial charge is 0.460 e. The van der Waals surface area contributed by atoms with Crippen LogP contribution in [0.5, 0.6) is 0 Å². The van der Waals surface area contributed by atoms with Crippen LogP contribution in [0.2, 0.25) is 0 Å². The molecule has 30 heavy (non-hydrogen) atoms. The van der Waals surface area contributed by atoms with Gasteiger partial charge in [-0.25, -0.2) is 0 Å². The number of rotatable bonds is 9. The van der Waals surface area contributed by atoms with Gasteiger partial charge in [-0.2, -0.15) is 0 Å². The summed E-state index contributed by atoms with van der Waals surface area (Å²) in [4.78, 5) is 31.3. The second-order valence-electron chi connectivity index (χ2n) is 8.86. The molecule has 0 bridgehead atoms. The normalized spacial score (nSPS) is 19.9. The summed E-state index contributed by atoms with van der Waals surface area (Å²) in [5, 5.41) is 3.59. The molecule has 0 radical (unpaired) electrons. The van der Waals surface area contributed by atoms with Gasteiger partial charge >= 0.3 is 5.97 Å². The van der Waals surface area contributed by atoms with Gasteiger partial charge in [-0.15, -0.1) is 0 Å². The predicted octanol–water partition coefficient (Wildman–Crippen LogP) is 4.68. The van der Waals surface area contributed by atoms with Crippen LogP contribution in [0.4, 0.5) is 0 Å². The Balaban J connectivity index is 2.28. The lowest BCUT2D eigenvalue weighted by Crippen LogP contribution is -2.46. The molecule has 0 saturated carbocycles. The maximum Gasteiger partial charge on any atom is 0.310 e. The molecule has 2 atom stereocenters. The molecule has 1 aliphatic heterocycles. The van der Waals surface area contributed by atoms with Crippen LogP contribution in [0.25, 0.3) is 10.4 Å². The Hall–Kier alpha value is -2.79. The molecule has 1 amide bonds. The predicted molar refractivity (Wildman–Crippen MR) is 117 cm³/mol. The lowest BCUT2D eigenvalue weighted by molar-refractivity contribution is -0.167. The minimum atomic E-state index is -1.04. The average Bonchev–Trinajstić information content (AvgIpc) is 3.00. The molecule has 2 rings (SSSR count). The molecule has 1 saturated heterocycles. The Labute approximate surface area is 178 Å². The first-order valence-electron chi connectivity index (χ1n) is 10.3. The molecule has 0 N–H and O–H groups in total. The number of benzene rings is 1. The molecule has 7 nitrogen and oxygen atoms in total. The van der Waals surface area contributed by atoms with Gasteiger partial charge in [-0.05, 0) is 58.1 Å². The fraction of sp³-hybridized carbons (Fsp3) is 0.565. The van der Waals surface area contributed by atoms with E-state index in [1.54, 1.807) is 27.7 Å². The fourth-order valence-corrected chi connectivity index (χ4v) is 4.11. The van der Waals surface area contributed by atoms with E-state index in [1.807, 2.05) is 35.2 Å². The first-order chi connectivity index (χ1) is 14.1. The molecule has 0 aliphatic carbocycles. The molecule has 0 aromatic heterocycles. The van der Waals surface area contributed by atoms with E-state index in [2.05, 4.69) is 16.6 Å². The topological polar surface area (TPSA) is 95.4 Å². The second kappa shape index (κ2) is 9.81. The number of esters is 1. The SMILES string of the molecule is C=C(C)C1(C(CCN=[N+]=[N-])C(=O)OC(C)(C)C)CCN(CCc2ccccc2)C1=O. The average molecular weight is 413 g/mol. The van der Waals surface area contributed by atoms with Crippen molar-refractivity contribution < 1.29 is 14.3 Å². The van der Waals surface area contributed by atoms with Gasteiger partial charge in [0.1, 0.15) is 5.60 Å². The Morgan fingerprint density at radius 1 is 1.37 bits per heavy atom. The van der Waals surface area contributed by atoms with Gasteiger partial charge in [0.05, 0.1) is 11.3 Å². The van der Waals surface area contributed by atoms with Gasteiger partial charge in [0.25, 0.3) is 0 Å². The maximum absolute atomic E-state index is 13.6. The smallest absolute Gasteiger partial charge is 0.310 e. The Bertz CT molecular complexity index is 825. The van der Waals surface area contributed by atoms with Crippen molar-refractivity contribution in [3.63, 3.8) is 0 Å². The van der Waals surface area contributed by atoms with Crippen molar-refractivity contribution in [3.8, 4) is 0 Å². The summed E-state index contributed by atoms with van der Waals surface area (Å²) in [6, 6.07) is 10.00. The van der Waals surface area contributed by atoms with E-state index in [4.69, 9.17) is 10.3 Å². The van der Waals surface area contributed by atoms with Crippen LogP contribution in [0.15, 0.2) is 47.6 Å². The monoisotopic (exact) mass is 412 g/mol. The van der Waals surface area contributed by atoms with Crippen molar-refractivity contribution in [2.24, 2.45) is 16.4 Å². The second-order valence-corrected chi connectivity index (χ2v) is 8.86. The molecule has 2 unspecified atom stereocenters. The summed E-state index contributed by atoms with van der Waals surface area (Å²) in [6.45, 7) is 12.5. The maximum atomic E-state index is 13.6. The third-order valence-electron chi connectivity index (χ3n) is 5.59. The molecule has 0 spiro atoms. The molecule has 7 heteroatoms. The summed E-state index contributed by atoms with van der Waals surface area (Å²) >= 11 is 0. The Kier molecular flexibility index (Phi) is 7.68. The van der Waals surface area contributed by atoms with Crippen LogP contribution in [-0.4, -0.2) is 42.0 Å². The minimum Gasteiger partial charge on any atom is -0.460 e. The van der Waals surface area contributed by atoms with Gasteiger partial charge < -0.3 is 9.64 Å². The Morgan fingerprint density at radius 3 is 2.60 bits per heavy atom. The molecule has 1 fully saturated rings. The molecule has 1 aromatic carbocycles. The van der Waals surface area contributed by atoms with E-state index in [1.165, 1.54) is 0 Å². The zero-order valence-corrected chi connectivity index (χ0v) is 18.4. The molecular weight excluding hydrogens is 380 g/mol. The zero-order valence-electron chi connectivity index (χ0n) is 18.4. The number of carbonyl (C=O) groups is 2. The van der Waals surface area contributed by atoms with Crippen LogP contribution >= 0.6 is 0 Å². The van der Waals surface area contributed by atoms with Crippen molar-refractivity contribution >= 4 is 11.9 Å². The molecular formula is C23H32N4O3. The number of nitrogens with zero attached hydrogens (tertiary/aromatic N) is 4. The quantitative estimate of drug-likeness (QED) is 0.194. The van der Waals surface area contributed by atoms with E-state index in [-0.39, 0.29) is 18.9 Å². The van der Waals surface area contributed by atoms with Gasteiger partial charge in [0.15, 0.2) is 0 Å². The standard InChI is InChI=1S/C23H32N4O3/c1-17(2)23(19(11-14-25-26-24)20(28)30-22(3,4)5)13-16-27(21(23)29)15-12-18-9-7-6-8-10-18/h6-10,19H,1,11-16H2,2-5H3. The van der Waals surface area contributed by atoms with E-state index in [0.717, 1.165) is 12.0 Å². The number of hydrogen-bond donors (Lipinski definition) is 0. The van der Waals surface area contributed by atoms with E-state index < -0.39 is 22.9 Å². The first-order valence-corrected chi connectivity index (χ1v) is 10.3. The first kappa shape index (κ1) is 23.5. The van der Waals surface area contributed by atoms with Gasteiger partial charge in [-0.1, -0.05) is 47.6 Å². The summed E-state index contributed by atoms with van der Waals surface area (Å²) < 4.78 is 5.65. The molecule has 1 heterocycles. The summed E-state index contributed by atoms with van der Waals surface area (Å²) in [5.41, 5.74) is 8.75. The number of amides is 1. The van der Waals surface area contributed by atoms with E-state index in [9.17, 15) is 9.59 Å². The molecule has 1 aliphatic rings. The summed E-state index contributed by atoms with van der Waals surface area (Å²) in [7, 11) is 0. The highest BCUT2D eigenvalue weighted by Gasteiger charge is 2.55. The lowest BCUT2D eigenvalue weighted by atomic mass is 9.68. The summed E-state index contributed by atoms with van der Waals surface area (Å²) in [6.07, 6.45) is 1.48.